The van der Waals surface area contributed by atoms with Gasteiger partial charge in [-0.05, 0) is 12.8 Å². The molecule has 0 saturated heterocycles. The van der Waals surface area contributed by atoms with Crippen LogP contribution in [0.2, 0.25) is 0 Å². The second-order valence-electron chi connectivity index (χ2n) is 4.33. The molecule has 0 unspecified atom stereocenters. The van der Waals surface area contributed by atoms with E-state index in [9.17, 15) is 9.59 Å². The van der Waals surface area contributed by atoms with Crippen LogP contribution >= 0.6 is 12.2 Å². The van der Waals surface area contributed by atoms with E-state index in [1.165, 1.54) is 0 Å². The Morgan fingerprint density at radius 3 is 2.50 bits per heavy atom. The van der Waals surface area contributed by atoms with E-state index in [1.54, 1.807) is 7.11 Å². The van der Waals surface area contributed by atoms with Crippen LogP contribution < -0.4 is 16.4 Å². The maximum absolute atomic E-state index is 11.9. The molecule has 1 fully saturated rings. The topological polar surface area (TPSA) is 93.5 Å². The SMILES string of the molecule is COCCNC(=O)CNC(=O)C1(C(N)=S)CCC1. The lowest BCUT2D eigenvalue weighted by Crippen LogP contribution is -2.54. The number of nitrogens with two attached hydrogens (primary N) is 1. The predicted molar refractivity (Wildman–Crippen MR) is 71.0 cm³/mol. The number of carbonyl (C=O) groups is 2. The highest BCUT2D eigenvalue weighted by atomic mass is 32.1. The normalized spacial score (nSPS) is 16.5. The van der Waals surface area contributed by atoms with Gasteiger partial charge in [-0.3, -0.25) is 9.59 Å². The number of rotatable bonds is 7. The molecule has 0 radical (unpaired) electrons. The van der Waals surface area contributed by atoms with Gasteiger partial charge in [-0.15, -0.1) is 0 Å². The van der Waals surface area contributed by atoms with Gasteiger partial charge in [0.2, 0.25) is 11.8 Å². The molecule has 1 aliphatic carbocycles. The molecule has 0 bridgehead atoms. The van der Waals surface area contributed by atoms with Crippen molar-refractivity contribution in [2.24, 2.45) is 11.1 Å². The molecule has 102 valence electrons. The third-order valence-electron chi connectivity index (χ3n) is 3.15. The van der Waals surface area contributed by atoms with Gasteiger partial charge in [0.1, 0.15) is 0 Å². The van der Waals surface area contributed by atoms with Gasteiger partial charge in [0.15, 0.2) is 0 Å². The fourth-order valence-electron chi connectivity index (χ4n) is 1.80. The third kappa shape index (κ3) is 3.39. The maximum Gasteiger partial charge on any atom is 0.239 e. The van der Waals surface area contributed by atoms with Crippen molar-refractivity contribution in [2.45, 2.75) is 19.3 Å². The van der Waals surface area contributed by atoms with E-state index in [4.69, 9.17) is 22.7 Å². The molecule has 0 spiro atoms. The minimum atomic E-state index is -0.734. The number of nitrogens with one attached hydrogen (secondary N) is 2. The summed E-state index contributed by atoms with van der Waals surface area (Å²) < 4.78 is 4.79. The standard InChI is InChI=1S/C11H19N3O3S/c1-17-6-5-13-8(15)7-14-10(16)11(9(12)18)3-2-4-11/h2-7H2,1H3,(H2,12,18)(H,13,15)(H,14,16). The quantitative estimate of drug-likeness (QED) is 0.422. The van der Waals surface area contributed by atoms with Crippen molar-refractivity contribution in [3.63, 3.8) is 0 Å². The molecule has 0 aromatic rings. The van der Waals surface area contributed by atoms with E-state index < -0.39 is 5.41 Å². The molecule has 18 heavy (non-hydrogen) atoms. The predicted octanol–water partition coefficient (Wildman–Crippen LogP) is -0.678. The van der Waals surface area contributed by atoms with E-state index >= 15 is 0 Å². The van der Waals surface area contributed by atoms with Gasteiger partial charge in [-0.1, -0.05) is 18.6 Å². The van der Waals surface area contributed by atoms with Gasteiger partial charge < -0.3 is 21.1 Å². The van der Waals surface area contributed by atoms with Crippen molar-refractivity contribution < 1.29 is 14.3 Å². The molecule has 4 N–H and O–H groups in total. The molecule has 0 heterocycles. The molecule has 1 saturated carbocycles. The summed E-state index contributed by atoms with van der Waals surface area (Å²) in [5.74, 6) is -0.499. The lowest BCUT2D eigenvalue weighted by molar-refractivity contribution is -0.133. The number of hydrogen-bond donors (Lipinski definition) is 3. The Hall–Kier alpha value is -1.21. The second kappa shape index (κ2) is 6.65. The van der Waals surface area contributed by atoms with E-state index in [-0.39, 0.29) is 23.3 Å². The summed E-state index contributed by atoms with van der Waals surface area (Å²) >= 11 is 4.92. The van der Waals surface area contributed by atoms with E-state index in [1.807, 2.05) is 0 Å². The molecule has 0 aromatic heterocycles. The van der Waals surface area contributed by atoms with Crippen LogP contribution in [0.4, 0.5) is 0 Å². The van der Waals surface area contributed by atoms with Gasteiger partial charge in [-0.25, -0.2) is 0 Å². The number of amides is 2. The van der Waals surface area contributed by atoms with Crippen LogP contribution in [0.15, 0.2) is 0 Å². The highest BCUT2D eigenvalue weighted by Crippen LogP contribution is 2.41. The van der Waals surface area contributed by atoms with E-state index in [0.717, 1.165) is 6.42 Å². The van der Waals surface area contributed by atoms with Crippen LogP contribution in [-0.4, -0.2) is 43.6 Å². The molecule has 1 aliphatic rings. The monoisotopic (exact) mass is 273 g/mol. The smallest absolute Gasteiger partial charge is 0.239 e. The third-order valence-corrected chi connectivity index (χ3v) is 3.54. The fourth-order valence-corrected chi connectivity index (χ4v) is 2.10. The number of methoxy groups -OCH3 is 1. The first-order valence-corrected chi connectivity index (χ1v) is 6.27. The first kappa shape index (κ1) is 14.8. The number of hydrogen-bond acceptors (Lipinski definition) is 4. The van der Waals surface area contributed by atoms with Crippen LogP contribution in [-0.2, 0) is 14.3 Å². The van der Waals surface area contributed by atoms with Gasteiger partial charge in [0.25, 0.3) is 0 Å². The van der Waals surface area contributed by atoms with Crippen LogP contribution in [0.5, 0.6) is 0 Å². The number of carbonyl (C=O) groups excluding carboxylic acids is 2. The molecule has 7 heteroatoms. The van der Waals surface area contributed by atoms with Crippen molar-refractivity contribution >= 4 is 29.0 Å². The Morgan fingerprint density at radius 2 is 2.06 bits per heavy atom. The van der Waals surface area contributed by atoms with Crippen LogP contribution in [0.3, 0.4) is 0 Å². The van der Waals surface area contributed by atoms with Gasteiger partial charge in [0, 0.05) is 13.7 Å². The van der Waals surface area contributed by atoms with Crippen LogP contribution in [0.25, 0.3) is 0 Å². The van der Waals surface area contributed by atoms with Crippen molar-refractivity contribution in [1.29, 1.82) is 0 Å². The van der Waals surface area contributed by atoms with E-state index in [0.29, 0.717) is 26.0 Å². The Bertz CT molecular complexity index is 342. The average Bonchev–Trinajstić information content (AvgIpc) is 2.24. The van der Waals surface area contributed by atoms with Crippen molar-refractivity contribution in [3.8, 4) is 0 Å². The fraction of sp³-hybridized carbons (Fsp3) is 0.727. The highest BCUT2D eigenvalue weighted by molar-refractivity contribution is 7.80. The molecular formula is C11H19N3O3S. The summed E-state index contributed by atoms with van der Waals surface area (Å²) in [6.45, 7) is 0.801. The van der Waals surface area contributed by atoms with E-state index in [2.05, 4.69) is 10.6 Å². The Labute approximate surface area is 112 Å². The zero-order valence-corrected chi connectivity index (χ0v) is 11.3. The Morgan fingerprint density at radius 1 is 1.39 bits per heavy atom. The molecule has 0 aromatic carbocycles. The molecule has 1 rings (SSSR count). The summed E-state index contributed by atoms with van der Waals surface area (Å²) in [6, 6.07) is 0. The van der Waals surface area contributed by atoms with Gasteiger partial charge in [-0.2, -0.15) is 0 Å². The molecular weight excluding hydrogens is 254 g/mol. The molecule has 2 amide bonds. The summed E-state index contributed by atoms with van der Waals surface area (Å²) in [7, 11) is 1.55. The number of ether oxygens (including phenoxy) is 1. The Kier molecular flexibility index (Phi) is 5.49. The van der Waals surface area contributed by atoms with Gasteiger partial charge in [0.05, 0.1) is 23.6 Å². The highest BCUT2D eigenvalue weighted by Gasteiger charge is 2.46. The van der Waals surface area contributed by atoms with Crippen molar-refractivity contribution in [3.05, 3.63) is 0 Å². The molecule has 0 aliphatic heterocycles. The van der Waals surface area contributed by atoms with Gasteiger partial charge >= 0.3 is 0 Å². The van der Waals surface area contributed by atoms with Crippen LogP contribution in [0, 0.1) is 5.41 Å². The van der Waals surface area contributed by atoms with Crippen LogP contribution in [0.1, 0.15) is 19.3 Å². The largest absolute Gasteiger partial charge is 0.392 e. The van der Waals surface area contributed by atoms with Crippen molar-refractivity contribution in [2.75, 3.05) is 26.8 Å². The Balaban J connectivity index is 2.32. The molecule has 0 atom stereocenters. The summed E-state index contributed by atoms with van der Waals surface area (Å²) in [5, 5.41) is 5.19. The zero-order chi connectivity index (χ0) is 13.6. The second-order valence-corrected chi connectivity index (χ2v) is 4.77. The lowest BCUT2D eigenvalue weighted by atomic mass is 9.68. The minimum Gasteiger partial charge on any atom is -0.392 e. The lowest BCUT2D eigenvalue weighted by Gasteiger charge is -2.38. The summed E-state index contributed by atoms with van der Waals surface area (Å²) in [4.78, 5) is 23.5. The van der Waals surface area contributed by atoms with Crippen molar-refractivity contribution in [1.82, 2.24) is 10.6 Å². The zero-order valence-electron chi connectivity index (χ0n) is 10.5. The first-order valence-electron chi connectivity index (χ1n) is 5.87. The average molecular weight is 273 g/mol. The molecule has 6 nitrogen and oxygen atoms in total. The summed E-state index contributed by atoms with van der Waals surface area (Å²) in [5.41, 5.74) is 4.86. The number of thiocarbonyl (C=S) groups is 1. The first-order chi connectivity index (χ1) is 8.53. The summed E-state index contributed by atoms with van der Waals surface area (Å²) in [6.07, 6.45) is 2.27. The maximum atomic E-state index is 11.9. The minimum absolute atomic E-state index is 0.0626.